The second kappa shape index (κ2) is 5.20. The van der Waals surface area contributed by atoms with Crippen molar-refractivity contribution in [2.24, 2.45) is 5.92 Å². The lowest BCUT2D eigenvalue weighted by molar-refractivity contribution is 0.323. The van der Waals surface area contributed by atoms with Gasteiger partial charge in [0.1, 0.15) is 5.76 Å². The van der Waals surface area contributed by atoms with E-state index in [2.05, 4.69) is 39.8 Å². The van der Waals surface area contributed by atoms with E-state index < -0.39 is 0 Å². The zero-order chi connectivity index (χ0) is 11.4. The first-order valence-corrected chi connectivity index (χ1v) is 5.72. The average Bonchev–Trinajstić information content (AvgIpc) is 2.10. The Morgan fingerprint density at radius 1 is 1.20 bits per heavy atom. The van der Waals surface area contributed by atoms with Gasteiger partial charge < -0.3 is 5.11 Å². The molecule has 1 rings (SSSR count). The molecule has 0 spiro atoms. The Hall–Kier alpha value is -0.980. The lowest BCUT2D eigenvalue weighted by atomic mass is 9.87. The molecule has 1 nitrogen and oxygen atoms in total. The summed E-state index contributed by atoms with van der Waals surface area (Å²) in [5.74, 6) is 0.831. The summed E-state index contributed by atoms with van der Waals surface area (Å²) in [5.41, 5.74) is 3.67. The molecule has 0 aromatic carbocycles. The molecule has 0 radical (unpaired) electrons. The van der Waals surface area contributed by atoms with E-state index in [1.807, 2.05) is 0 Å². The molecule has 0 aromatic rings. The summed E-state index contributed by atoms with van der Waals surface area (Å²) < 4.78 is 0. The molecule has 0 heterocycles. The minimum Gasteiger partial charge on any atom is -0.511 e. The fraction of sp³-hybridized carbons (Fsp3) is 0.571. The highest BCUT2D eigenvalue weighted by molar-refractivity contribution is 5.30. The highest BCUT2D eigenvalue weighted by Crippen LogP contribution is 2.31. The van der Waals surface area contributed by atoms with Crippen LogP contribution in [0.3, 0.4) is 0 Å². The second-order valence-electron chi connectivity index (χ2n) is 4.87. The quantitative estimate of drug-likeness (QED) is 0.658. The molecular formula is C14H22O. The molecule has 0 aromatic heterocycles. The number of hydrogen-bond donors (Lipinski definition) is 1. The van der Waals surface area contributed by atoms with Gasteiger partial charge in [-0.1, -0.05) is 23.3 Å². The van der Waals surface area contributed by atoms with E-state index in [0.29, 0.717) is 5.76 Å². The highest BCUT2D eigenvalue weighted by Gasteiger charge is 2.19. The van der Waals surface area contributed by atoms with Crippen LogP contribution in [0.2, 0.25) is 0 Å². The zero-order valence-electron chi connectivity index (χ0n) is 10.3. The van der Waals surface area contributed by atoms with Crippen molar-refractivity contribution in [2.45, 2.75) is 47.0 Å². The van der Waals surface area contributed by atoms with Gasteiger partial charge in [-0.2, -0.15) is 0 Å². The summed E-state index contributed by atoms with van der Waals surface area (Å²) >= 11 is 0. The van der Waals surface area contributed by atoms with Crippen molar-refractivity contribution >= 4 is 0 Å². The molecule has 0 saturated heterocycles. The highest BCUT2D eigenvalue weighted by atomic mass is 16.3. The molecule has 0 bridgehead atoms. The third kappa shape index (κ3) is 3.58. The number of allylic oxidation sites excluding steroid dienone is 5. The molecule has 1 unspecified atom stereocenters. The van der Waals surface area contributed by atoms with Gasteiger partial charge in [0.2, 0.25) is 0 Å². The van der Waals surface area contributed by atoms with Crippen LogP contribution >= 0.6 is 0 Å². The molecule has 1 heteroatoms. The largest absolute Gasteiger partial charge is 0.511 e. The Morgan fingerprint density at radius 3 is 2.40 bits per heavy atom. The van der Waals surface area contributed by atoms with Crippen LogP contribution in [0.25, 0.3) is 0 Å². The molecule has 1 aliphatic carbocycles. The Balaban J connectivity index is 2.95. The molecule has 1 aliphatic rings. The van der Waals surface area contributed by atoms with Gasteiger partial charge in [0, 0.05) is 5.92 Å². The van der Waals surface area contributed by atoms with Crippen molar-refractivity contribution in [3.63, 3.8) is 0 Å². The third-order valence-electron chi connectivity index (χ3n) is 2.64. The topological polar surface area (TPSA) is 20.2 Å². The minimum absolute atomic E-state index is 0.245. The maximum atomic E-state index is 10.1. The predicted octanol–water partition coefficient (Wildman–Crippen LogP) is 4.53. The van der Waals surface area contributed by atoms with Gasteiger partial charge in [-0.15, -0.1) is 0 Å². The van der Waals surface area contributed by atoms with Crippen LogP contribution in [0.5, 0.6) is 0 Å². The van der Waals surface area contributed by atoms with Crippen molar-refractivity contribution in [3.8, 4) is 0 Å². The molecule has 0 fully saturated rings. The Labute approximate surface area is 93.2 Å². The molecule has 0 amide bonds. The van der Waals surface area contributed by atoms with Crippen molar-refractivity contribution in [1.82, 2.24) is 0 Å². The van der Waals surface area contributed by atoms with E-state index in [4.69, 9.17) is 0 Å². The summed E-state index contributed by atoms with van der Waals surface area (Å²) in [5, 5.41) is 10.1. The minimum atomic E-state index is 0.245. The fourth-order valence-electron chi connectivity index (χ4n) is 2.07. The number of hydrogen-bond acceptors (Lipinski definition) is 1. The average molecular weight is 206 g/mol. The summed E-state index contributed by atoms with van der Waals surface area (Å²) in [6.07, 6.45) is 7.56. The second-order valence-corrected chi connectivity index (χ2v) is 4.87. The monoisotopic (exact) mass is 206 g/mol. The lowest BCUT2D eigenvalue weighted by Crippen LogP contribution is -2.10. The SMILES string of the molecule is CC(C)=CC1=C(O)C(C=C(C)C)CCC1. The fourth-order valence-corrected chi connectivity index (χ4v) is 2.07. The summed E-state index contributed by atoms with van der Waals surface area (Å²) in [6.45, 7) is 8.32. The van der Waals surface area contributed by atoms with E-state index in [1.165, 1.54) is 17.6 Å². The van der Waals surface area contributed by atoms with Crippen molar-refractivity contribution in [1.29, 1.82) is 0 Å². The normalized spacial score (nSPS) is 21.2. The van der Waals surface area contributed by atoms with Crippen molar-refractivity contribution in [3.05, 3.63) is 34.6 Å². The van der Waals surface area contributed by atoms with E-state index >= 15 is 0 Å². The summed E-state index contributed by atoms with van der Waals surface area (Å²) in [4.78, 5) is 0. The number of aliphatic hydroxyl groups excluding tert-OH is 1. The molecule has 84 valence electrons. The van der Waals surface area contributed by atoms with Crippen molar-refractivity contribution in [2.75, 3.05) is 0 Å². The van der Waals surface area contributed by atoms with Crippen LogP contribution in [0, 0.1) is 5.92 Å². The number of rotatable bonds is 2. The molecule has 1 N–H and O–H groups in total. The first-order chi connectivity index (χ1) is 7.00. The van der Waals surface area contributed by atoms with Gasteiger partial charge in [-0.3, -0.25) is 0 Å². The molecule has 0 saturated carbocycles. The molecule has 15 heavy (non-hydrogen) atoms. The van der Waals surface area contributed by atoms with Crippen LogP contribution in [-0.4, -0.2) is 5.11 Å². The van der Waals surface area contributed by atoms with Gasteiger partial charge in [-0.05, 0) is 52.5 Å². The van der Waals surface area contributed by atoms with Crippen molar-refractivity contribution < 1.29 is 5.11 Å². The maximum Gasteiger partial charge on any atom is 0.102 e. The van der Waals surface area contributed by atoms with Gasteiger partial charge in [0.15, 0.2) is 0 Å². The Kier molecular flexibility index (Phi) is 4.19. The van der Waals surface area contributed by atoms with Crippen LogP contribution < -0.4 is 0 Å². The number of aliphatic hydroxyl groups is 1. The smallest absolute Gasteiger partial charge is 0.102 e. The molecule has 0 aliphatic heterocycles. The van der Waals surface area contributed by atoms with Gasteiger partial charge in [0.25, 0.3) is 0 Å². The van der Waals surface area contributed by atoms with E-state index in [9.17, 15) is 5.11 Å². The molecule has 1 atom stereocenters. The Morgan fingerprint density at radius 2 is 1.87 bits per heavy atom. The van der Waals surface area contributed by atoms with Gasteiger partial charge in [0.05, 0.1) is 0 Å². The van der Waals surface area contributed by atoms with Gasteiger partial charge >= 0.3 is 0 Å². The zero-order valence-corrected chi connectivity index (χ0v) is 10.3. The van der Waals surface area contributed by atoms with Gasteiger partial charge in [-0.25, -0.2) is 0 Å². The third-order valence-corrected chi connectivity index (χ3v) is 2.64. The van der Waals surface area contributed by atoms with Crippen LogP contribution in [0.15, 0.2) is 34.6 Å². The van der Waals surface area contributed by atoms with E-state index in [-0.39, 0.29) is 5.92 Å². The van der Waals surface area contributed by atoms with E-state index in [1.54, 1.807) is 0 Å². The standard InChI is InChI=1S/C14H22O/c1-10(2)8-12-6-5-7-13(14(12)15)9-11(3)4/h8-9,12,15H,5-7H2,1-4H3. The summed E-state index contributed by atoms with van der Waals surface area (Å²) in [7, 11) is 0. The van der Waals surface area contributed by atoms with Crippen LogP contribution in [0.1, 0.15) is 47.0 Å². The maximum absolute atomic E-state index is 10.1. The predicted molar refractivity (Wildman–Crippen MR) is 65.9 cm³/mol. The lowest BCUT2D eigenvalue weighted by Gasteiger charge is -2.21. The summed E-state index contributed by atoms with van der Waals surface area (Å²) in [6, 6.07) is 0. The Bertz CT molecular complexity index is 310. The first-order valence-electron chi connectivity index (χ1n) is 5.72. The van der Waals surface area contributed by atoms with Crippen LogP contribution in [-0.2, 0) is 0 Å². The first kappa shape index (κ1) is 12.1. The molecular weight excluding hydrogens is 184 g/mol. The van der Waals surface area contributed by atoms with Crippen LogP contribution in [0.4, 0.5) is 0 Å². The van der Waals surface area contributed by atoms with E-state index in [0.717, 1.165) is 18.4 Å².